The van der Waals surface area contributed by atoms with E-state index in [1.165, 1.54) is 0 Å². The first kappa shape index (κ1) is 21.5. The number of benzene rings is 1. The first-order valence-electron chi connectivity index (χ1n) is 9.06. The van der Waals surface area contributed by atoms with Crippen LogP contribution >= 0.6 is 15.9 Å². The quantitative estimate of drug-likeness (QED) is 0.569. The highest BCUT2D eigenvalue weighted by Crippen LogP contribution is 2.26. The van der Waals surface area contributed by atoms with Crippen molar-refractivity contribution in [2.75, 3.05) is 38.5 Å². The van der Waals surface area contributed by atoms with Crippen LogP contribution in [0.25, 0.3) is 0 Å². The van der Waals surface area contributed by atoms with E-state index in [0.717, 1.165) is 23.1 Å². The van der Waals surface area contributed by atoms with Gasteiger partial charge in [-0.25, -0.2) is 9.59 Å². The zero-order valence-corrected chi connectivity index (χ0v) is 18.0. The lowest BCUT2D eigenvalue weighted by molar-refractivity contribution is 0.0139. The van der Waals surface area contributed by atoms with Crippen molar-refractivity contribution in [1.82, 2.24) is 9.80 Å². The number of halogens is 1. The largest absolute Gasteiger partial charge is 0.462 e. The molecule has 0 bridgehead atoms. The smallest absolute Gasteiger partial charge is 0.410 e. The Kier molecular flexibility index (Phi) is 7.11. The number of amides is 1. The number of carbonyl (C=O) groups excluding carboxylic acids is 2. The zero-order valence-electron chi connectivity index (χ0n) is 16.4. The van der Waals surface area contributed by atoms with Crippen molar-refractivity contribution >= 4 is 33.7 Å². The van der Waals surface area contributed by atoms with Gasteiger partial charge >= 0.3 is 12.1 Å². The number of nitrogens with two attached hydrogens (primary N) is 1. The summed E-state index contributed by atoms with van der Waals surface area (Å²) >= 11 is 3.52. The number of piperazine rings is 1. The van der Waals surface area contributed by atoms with Crippen molar-refractivity contribution in [2.24, 2.45) is 0 Å². The molecule has 1 aromatic carbocycles. The molecule has 150 valence electrons. The van der Waals surface area contributed by atoms with Crippen LogP contribution in [0.1, 0.15) is 43.6 Å². The van der Waals surface area contributed by atoms with E-state index >= 15 is 0 Å². The van der Waals surface area contributed by atoms with Gasteiger partial charge in [0.25, 0.3) is 0 Å². The van der Waals surface area contributed by atoms with E-state index in [4.69, 9.17) is 15.2 Å². The molecule has 1 heterocycles. The van der Waals surface area contributed by atoms with Gasteiger partial charge in [-0.1, -0.05) is 15.9 Å². The van der Waals surface area contributed by atoms with Gasteiger partial charge < -0.3 is 20.1 Å². The summed E-state index contributed by atoms with van der Waals surface area (Å²) in [5.41, 5.74) is 7.31. The molecule has 7 nitrogen and oxygen atoms in total. The first-order chi connectivity index (χ1) is 12.6. The lowest BCUT2D eigenvalue weighted by atomic mass is 10.1. The van der Waals surface area contributed by atoms with E-state index in [1.54, 1.807) is 24.0 Å². The van der Waals surface area contributed by atoms with Gasteiger partial charge in [-0.3, -0.25) is 4.90 Å². The molecule has 1 aromatic rings. The molecule has 1 saturated heterocycles. The number of hydrogen-bond donors (Lipinski definition) is 1. The highest BCUT2D eigenvalue weighted by atomic mass is 79.9. The fourth-order valence-electron chi connectivity index (χ4n) is 2.80. The Balaban J connectivity index is 1.96. The van der Waals surface area contributed by atoms with E-state index in [1.807, 2.05) is 20.8 Å². The maximum atomic E-state index is 12.1. The maximum Gasteiger partial charge on any atom is 0.410 e. The van der Waals surface area contributed by atoms with Crippen molar-refractivity contribution < 1.29 is 19.1 Å². The molecule has 27 heavy (non-hydrogen) atoms. The summed E-state index contributed by atoms with van der Waals surface area (Å²) in [7, 11) is 0. The van der Waals surface area contributed by atoms with Gasteiger partial charge in [0.05, 0.1) is 12.2 Å². The fraction of sp³-hybridized carbons (Fsp3) is 0.579. The average Bonchev–Trinajstić information content (AvgIpc) is 2.57. The second-order valence-corrected chi connectivity index (χ2v) is 8.35. The number of ether oxygens (including phenoxy) is 2. The molecule has 0 saturated carbocycles. The Bertz CT molecular complexity index is 695. The third kappa shape index (κ3) is 6.10. The summed E-state index contributed by atoms with van der Waals surface area (Å²) in [6.45, 7) is 11.0. The SMILES string of the molecule is CCOC(=O)c1cc(Br)c(CN2CCN(C(=O)OC(C)(C)C)CC2)cc1N. The number of nitrogen functional groups attached to an aromatic ring is 1. The van der Waals surface area contributed by atoms with Crippen LogP contribution in [-0.2, 0) is 16.0 Å². The van der Waals surface area contributed by atoms with Gasteiger partial charge in [-0.05, 0) is 45.4 Å². The van der Waals surface area contributed by atoms with E-state index in [-0.39, 0.29) is 6.09 Å². The van der Waals surface area contributed by atoms with Crippen LogP contribution in [0.15, 0.2) is 16.6 Å². The third-order valence-corrected chi connectivity index (χ3v) is 4.87. The highest BCUT2D eigenvalue weighted by Gasteiger charge is 2.26. The predicted octanol–water partition coefficient (Wildman–Crippen LogP) is 3.26. The van der Waals surface area contributed by atoms with E-state index in [2.05, 4.69) is 20.8 Å². The van der Waals surface area contributed by atoms with Gasteiger partial charge in [-0.2, -0.15) is 0 Å². The Labute approximate surface area is 168 Å². The molecular weight excluding hydrogens is 414 g/mol. The van der Waals surface area contributed by atoms with Gasteiger partial charge in [0, 0.05) is 42.9 Å². The number of anilines is 1. The Morgan fingerprint density at radius 2 is 1.81 bits per heavy atom. The van der Waals surface area contributed by atoms with Crippen molar-refractivity contribution in [2.45, 2.75) is 39.8 Å². The maximum absolute atomic E-state index is 12.1. The molecule has 2 rings (SSSR count). The number of carbonyl (C=O) groups is 2. The monoisotopic (exact) mass is 441 g/mol. The summed E-state index contributed by atoms with van der Waals surface area (Å²) in [6, 6.07) is 3.51. The molecule has 0 unspecified atom stereocenters. The molecular formula is C19H28BrN3O4. The molecule has 1 aliphatic rings. The molecule has 0 atom stereocenters. The van der Waals surface area contributed by atoms with Gasteiger partial charge in [0.15, 0.2) is 0 Å². The first-order valence-corrected chi connectivity index (χ1v) is 9.85. The summed E-state index contributed by atoms with van der Waals surface area (Å²) in [4.78, 5) is 28.1. The van der Waals surface area contributed by atoms with Crippen molar-refractivity contribution in [3.8, 4) is 0 Å². The minimum atomic E-state index is -0.489. The van der Waals surface area contributed by atoms with Crippen LogP contribution in [0.2, 0.25) is 0 Å². The minimum Gasteiger partial charge on any atom is -0.462 e. The van der Waals surface area contributed by atoms with Gasteiger partial charge in [0.1, 0.15) is 5.60 Å². The van der Waals surface area contributed by atoms with Crippen LogP contribution in [0.4, 0.5) is 10.5 Å². The minimum absolute atomic E-state index is 0.272. The number of nitrogens with zero attached hydrogens (tertiary/aromatic N) is 2. The standard InChI is InChI=1S/C19H28BrN3O4/c1-5-26-17(24)14-11-15(20)13(10-16(14)21)12-22-6-8-23(9-7-22)18(25)27-19(2,3)4/h10-11H,5-9,12,21H2,1-4H3. The molecule has 1 amide bonds. The van der Waals surface area contributed by atoms with Crippen LogP contribution in [-0.4, -0.2) is 60.2 Å². The van der Waals surface area contributed by atoms with E-state index < -0.39 is 11.6 Å². The molecule has 0 aliphatic carbocycles. The van der Waals surface area contributed by atoms with Gasteiger partial charge in [-0.15, -0.1) is 0 Å². The van der Waals surface area contributed by atoms with Crippen LogP contribution < -0.4 is 5.73 Å². The second-order valence-electron chi connectivity index (χ2n) is 7.49. The van der Waals surface area contributed by atoms with E-state index in [9.17, 15) is 9.59 Å². The normalized spacial score (nSPS) is 15.5. The molecule has 1 fully saturated rings. The van der Waals surface area contributed by atoms with E-state index in [0.29, 0.717) is 37.5 Å². The summed E-state index contributed by atoms with van der Waals surface area (Å²) in [5, 5.41) is 0. The number of rotatable bonds is 4. The van der Waals surface area contributed by atoms with Crippen molar-refractivity contribution in [3.63, 3.8) is 0 Å². The topological polar surface area (TPSA) is 85.1 Å². The summed E-state index contributed by atoms with van der Waals surface area (Å²) in [5.74, 6) is -0.423. The van der Waals surface area contributed by atoms with Crippen LogP contribution in [0.5, 0.6) is 0 Å². The number of esters is 1. The Morgan fingerprint density at radius 3 is 2.37 bits per heavy atom. The molecule has 0 aromatic heterocycles. The fourth-order valence-corrected chi connectivity index (χ4v) is 3.27. The van der Waals surface area contributed by atoms with Gasteiger partial charge in [0.2, 0.25) is 0 Å². The predicted molar refractivity (Wildman–Crippen MR) is 108 cm³/mol. The third-order valence-electron chi connectivity index (χ3n) is 4.13. The molecule has 1 aliphatic heterocycles. The molecule has 2 N–H and O–H groups in total. The molecule has 8 heteroatoms. The Morgan fingerprint density at radius 1 is 1.19 bits per heavy atom. The summed E-state index contributed by atoms with van der Waals surface area (Å²) in [6.07, 6.45) is -0.272. The lowest BCUT2D eigenvalue weighted by Crippen LogP contribution is -2.49. The lowest BCUT2D eigenvalue weighted by Gasteiger charge is -2.35. The second kappa shape index (κ2) is 8.93. The Hall–Kier alpha value is -1.80. The van der Waals surface area contributed by atoms with Crippen molar-refractivity contribution in [3.05, 3.63) is 27.7 Å². The summed E-state index contributed by atoms with van der Waals surface area (Å²) < 4.78 is 11.3. The average molecular weight is 442 g/mol. The molecule has 0 radical (unpaired) electrons. The van der Waals surface area contributed by atoms with Crippen LogP contribution in [0.3, 0.4) is 0 Å². The number of hydrogen-bond acceptors (Lipinski definition) is 6. The van der Waals surface area contributed by atoms with Crippen LogP contribution in [0, 0.1) is 0 Å². The van der Waals surface area contributed by atoms with Crippen molar-refractivity contribution in [1.29, 1.82) is 0 Å². The highest BCUT2D eigenvalue weighted by molar-refractivity contribution is 9.10. The molecule has 0 spiro atoms. The zero-order chi connectivity index (χ0) is 20.2.